The molecule has 8 heteroatoms. The molecule has 1 fully saturated rings. The van der Waals surface area contributed by atoms with E-state index in [1.807, 2.05) is 32.1 Å². The van der Waals surface area contributed by atoms with Crippen molar-refractivity contribution >= 4 is 23.5 Å². The number of amides is 1. The van der Waals surface area contributed by atoms with E-state index >= 15 is 0 Å². The summed E-state index contributed by atoms with van der Waals surface area (Å²) in [5, 5.41) is 18.4. The zero-order valence-electron chi connectivity index (χ0n) is 24.3. The normalized spacial score (nSPS) is 20.1. The van der Waals surface area contributed by atoms with Crippen LogP contribution in [0.3, 0.4) is 0 Å². The van der Waals surface area contributed by atoms with E-state index < -0.39 is 5.97 Å². The molecule has 0 aromatic carbocycles. The Labute approximate surface area is 235 Å². The highest BCUT2D eigenvalue weighted by Crippen LogP contribution is 2.30. The van der Waals surface area contributed by atoms with Gasteiger partial charge in [-0.2, -0.15) is 5.53 Å². The lowest BCUT2D eigenvalue weighted by Gasteiger charge is -2.29. The number of hydrogen-bond donors (Lipinski definition) is 3. The summed E-state index contributed by atoms with van der Waals surface area (Å²) in [6.45, 7) is 11.0. The third-order valence-corrected chi connectivity index (χ3v) is 7.86. The van der Waals surface area contributed by atoms with Gasteiger partial charge < -0.3 is 10.4 Å². The number of hydrogen-bond acceptors (Lipinski definition) is 4. The quantitative estimate of drug-likeness (QED) is 0.149. The second-order valence-electron chi connectivity index (χ2n) is 10.5. The molecule has 7 nitrogen and oxygen atoms in total. The standard InChI is InChI=1S/C28H45ClN4O3.C2H6/c1-4-21(3)26(33(32-30)16-15-22-10-6-5-7-11-22)18-23(13-14-28(35)36)19-27(34)31-25-12-8-9-20(2)17-24(25)29;1-2/h12,17-18,20-23,30H,4-11,13-16,19H2,1-3H3,(H,31,34)(H,35,36);1-2H3/b26-18+,32-30?;. The first-order valence-electron chi connectivity index (χ1n) is 14.7. The molecule has 0 aromatic heterocycles. The largest absolute Gasteiger partial charge is 0.481 e. The van der Waals surface area contributed by atoms with Crippen LogP contribution >= 0.6 is 11.6 Å². The first-order chi connectivity index (χ1) is 18.2. The second-order valence-corrected chi connectivity index (χ2v) is 11.0. The predicted octanol–water partition coefficient (Wildman–Crippen LogP) is 8.58. The molecule has 38 heavy (non-hydrogen) atoms. The fourth-order valence-electron chi connectivity index (χ4n) is 5.09. The van der Waals surface area contributed by atoms with E-state index in [1.165, 1.54) is 32.1 Å². The molecule has 0 heterocycles. The number of aliphatic carboxylic acids is 1. The van der Waals surface area contributed by atoms with Gasteiger partial charge in [0.2, 0.25) is 5.91 Å². The van der Waals surface area contributed by atoms with Crippen molar-refractivity contribution in [2.75, 3.05) is 6.54 Å². The van der Waals surface area contributed by atoms with Crippen molar-refractivity contribution in [3.63, 3.8) is 0 Å². The number of carbonyl (C=O) groups is 2. The van der Waals surface area contributed by atoms with E-state index in [2.05, 4.69) is 31.3 Å². The van der Waals surface area contributed by atoms with Gasteiger partial charge in [-0.15, -0.1) is 0 Å². The summed E-state index contributed by atoms with van der Waals surface area (Å²) in [7, 11) is 0. The lowest BCUT2D eigenvalue weighted by molar-refractivity contribution is -0.137. The first-order valence-corrected chi connectivity index (χ1v) is 15.1. The lowest BCUT2D eigenvalue weighted by Crippen LogP contribution is -2.27. The van der Waals surface area contributed by atoms with Crippen molar-refractivity contribution in [3.05, 3.63) is 34.7 Å². The van der Waals surface area contributed by atoms with Crippen LogP contribution in [0.15, 0.2) is 39.9 Å². The molecule has 0 radical (unpaired) electrons. The lowest BCUT2D eigenvalue weighted by atomic mass is 9.87. The van der Waals surface area contributed by atoms with Gasteiger partial charge in [-0.25, -0.2) is 0 Å². The molecule has 0 spiro atoms. The molecular weight excluding hydrogens is 500 g/mol. The molecule has 0 saturated heterocycles. The summed E-state index contributed by atoms with van der Waals surface area (Å²) in [5.41, 5.74) is 9.41. The van der Waals surface area contributed by atoms with Crippen molar-refractivity contribution in [1.29, 1.82) is 5.53 Å². The number of carbonyl (C=O) groups excluding carboxylic acids is 1. The van der Waals surface area contributed by atoms with Crippen molar-refractivity contribution in [3.8, 4) is 0 Å². The molecule has 2 aliphatic carbocycles. The van der Waals surface area contributed by atoms with Crippen molar-refractivity contribution < 1.29 is 14.7 Å². The molecule has 0 aliphatic heterocycles. The van der Waals surface area contributed by atoms with E-state index in [1.54, 1.807) is 5.01 Å². The minimum atomic E-state index is -0.885. The number of halogens is 1. The molecule has 3 unspecified atom stereocenters. The van der Waals surface area contributed by atoms with E-state index in [4.69, 9.17) is 17.1 Å². The summed E-state index contributed by atoms with van der Waals surface area (Å²) >= 11 is 6.42. The van der Waals surface area contributed by atoms with Gasteiger partial charge in [0.1, 0.15) is 0 Å². The number of nitrogens with zero attached hydrogens (tertiary/aromatic N) is 2. The molecule has 0 aromatic rings. The van der Waals surface area contributed by atoms with Gasteiger partial charge in [0.15, 0.2) is 0 Å². The maximum atomic E-state index is 13.0. The highest BCUT2D eigenvalue weighted by Gasteiger charge is 2.23. The van der Waals surface area contributed by atoms with E-state index in [9.17, 15) is 14.7 Å². The maximum absolute atomic E-state index is 13.0. The highest BCUT2D eigenvalue weighted by molar-refractivity contribution is 6.32. The summed E-state index contributed by atoms with van der Waals surface area (Å²) < 4.78 is 0. The SMILES string of the molecule is CC.CCC(C)/C(=C\C(CCC(=O)O)CC(=O)NC1=CCCC(C)C=C1Cl)N(CCC1CCCCC1)N=N. The average molecular weight is 551 g/mol. The van der Waals surface area contributed by atoms with Gasteiger partial charge in [0.25, 0.3) is 0 Å². The Morgan fingerprint density at radius 1 is 1.26 bits per heavy atom. The van der Waals surface area contributed by atoms with Gasteiger partial charge >= 0.3 is 5.97 Å². The van der Waals surface area contributed by atoms with E-state index in [0.29, 0.717) is 35.5 Å². The highest BCUT2D eigenvalue weighted by atomic mass is 35.5. The smallest absolute Gasteiger partial charge is 0.303 e. The van der Waals surface area contributed by atoms with Gasteiger partial charge in [-0.3, -0.25) is 14.6 Å². The van der Waals surface area contributed by atoms with Crippen LogP contribution in [0, 0.1) is 29.2 Å². The fraction of sp³-hybridized carbons (Fsp3) is 0.733. The van der Waals surface area contributed by atoms with Crippen LogP contribution < -0.4 is 5.32 Å². The molecule has 3 atom stereocenters. The number of carboxylic acid groups (broad SMARTS) is 1. The summed E-state index contributed by atoms with van der Waals surface area (Å²) in [4.78, 5) is 24.4. The predicted molar refractivity (Wildman–Crippen MR) is 155 cm³/mol. The minimum Gasteiger partial charge on any atom is -0.481 e. The molecule has 0 bridgehead atoms. The topological polar surface area (TPSA) is 106 Å². The Morgan fingerprint density at radius 2 is 1.95 bits per heavy atom. The van der Waals surface area contributed by atoms with E-state index in [-0.39, 0.29) is 30.6 Å². The number of rotatable bonds is 14. The Morgan fingerprint density at radius 3 is 2.55 bits per heavy atom. The average Bonchev–Trinajstić information content (AvgIpc) is 3.07. The first kappa shape index (κ1) is 33.9. The van der Waals surface area contributed by atoms with Gasteiger partial charge in [0, 0.05) is 25.1 Å². The molecule has 1 amide bonds. The van der Waals surface area contributed by atoms with Crippen LogP contribution in [0.1, 0.15) is 112 Å². The third kappa shape index (κ3) is 12.6. The van der Waals surface area contributed by atoms with Gasteiger partial charge in [-0.05, 0) is 55.8 Å². The Bertz CT molecular complexity index is 833. The Hall–Kier alpha value is -2.15. The second kappa shape index (κ2) is 19.0. The molecule has 2 aliphatic rings. The number of carboxylic acids is 1. The number of allylic oxidation sites excluding steroid dienone is 5. The van der Waals surface area contributed by atoms with Gasteiger partial charge in [-0.1, -0.05) is 102 Å². The third-order valence-electron chi connectivity index (χ3n) is 7.53. The van der Waals surface area contributed by atoms with Crippen molar-refractivity contribution in [2.45, 2.75) is 112 Å². The number of nitrogens with one attached hydrogen (secondary N) is 2. The molecule has 216 valence electrons. The Kier molecular flexibility index (Phi) is 16.9. The van der Waals surface area contributed by atoms with Gasteiger partial charge in [0.05, 0.1) is 10.7 Å². The van der Waals surface area contributed by atoms with E-state index in [0.717, 1.165) is 31.4 Å². The van der Waals surface area contributed by atoms with Crippen LogP contribution in [-0.2, 0) is 9.59 Å². The minimum absolute atomic E-state index is 0.0246. The Balaban J connectivity index is 0.00000352. The van der Waals surface area contributed by atoms with Crippen LogP contribution in [0.25, 0.3) is 0 Å². The van der Waals surface area contributed by atoms with Crippen LogP contribution in [0.2, 0.25) is 0 Å². The van der Waals surface area contributed by atoms with Crippen LogP contribution in [0.5, 0.6) is 0 Å². The zero-order valence-corrected chi connectivity index (χ0v) is 25.0. The molecular formula is C30H51ClN4O3. The maximum Gasteiger partial charge on any atom is 0.303 e. The van der Waals surface area contributed by atoms with Crippen LogP contribution in [-0.4, -0.2) is 28.5 Å². The molecule has 1 saturated carbocycles. The van der Waals surface area contributed by atoms with Crippen LogP contribution in [0.4, 0.5) is 0 Å². The van der Waals surface area contributed by atoms with Crippen molar-refractivity contribution in [1.82, 2.24) is 10.3 Å². The monoisotopic (exact) mass is 550 g/mol. The summed E-state index contributed by atoms with van der Waals surface area (Å²) in [5.74, 6) is -0.191. The summed E-state index contributed by atoms with van der Waals surface area (Å²) in [6, 6.07) is 0. The summed E-state index contributed by atoms with van der Waals surface area (Å²) in [6.07, 6.45) is 16.4. The fourth-order valence-corrected chi connectivity index (χ4v) is 5.43. The van der Waals surface area contributed by atoms with Crippen molar-refractivity contribution in [2.24, 2.45) is 28.9 Å². The zero-order chi connectivity index (χ0) is 28.5. The molecule has 3 N–H and O–H groups in total. The molecule has 2 rings (SSSR count).